The molecule has 5 nitrogen and oxygen atoms in total. The molecule has 0 amide bonds. The highest BCUT2D eigenvalue weighted by molar-refractivity contribution is 7.87. The maximum absolute atomic E-state index is 10.5. The molecule has 2 N–H and O–H groups in total. The molecule has 0 spiro atoms. The highest BCUT2D eigenvalue weighted by Crippen LogP contribution is 2.16. The minimum absolute atomic E-state index is 0.297. The van der Waals surface area contributed by atoms with E-state index >= 15 is 0 Å². The zero-order chi connectivity index (χ0) is 12.0. The molecule has 6 heteroatoms. The molecular formula is C10H15NO4S. The van der Waals surface area contributed by atoms with Crippen molar-refractivity contribution in [1.29, 1.82) is 0 Å². The zero-order valence-electron chi connectivity index (χ0n) is 9.01. The Labute approximate surface area is 95.3 Å². The predicted molar refractivity (Wildman–Crippen MR) is 62.0 cm³/mol. The van der Waals surface area contributed by atoms with Crippen molar-refractivity contribution in [3.8, 4) is 5.75 Å². The van der Waals surface area contributed by atoms with Gasteiger partial charge < -0.3 is 4.74 Å². The first-order valence-corrected chi connectivity index (χ1v) is 6.43. The van der Waals surface area contributed by atoms with Crippen molar-refractivity contribution >= 4 is 16.0 Å². The third-order valence-corrected chi connectivity index (χ3v) is 2.36. The van der Waals surface area contributed by atoms with E-state index in [1.807, 2.05) is 4.72 Å². The molecule has 0 unspecified atom stereocenters. The molecule has 0 atom stereocenters. The van der Waals surface area contributed by atoms with Gasteiger partial charge in [0.05, 0.1) is 12.3 Å². The van der Waals surface area contributed by atoms with E-state index in [0.717, 1.165) is 12.8 Å². The van der Waals surface area contributed by atoms with E-state index in [1.54, 1.807) is 12.1 Å². The minimum Gasteiger partial charge on any atom is -0.494 e. The predicted octanol–water partition coefficient (Wildman–Crippen LogP) is 2.08. The fourth-order valence-corrected chi connectivity index (χ4v) is 1.54. The lowest BCUT2D eigenvalue weighted by Gasteiger charge is -2.06. The van der Waals surface area contributed by atoms with Crippen LogP contribution in [0.1, 0.15) is 19.8 Å². The first-order valence-electron chi connectivity index (χ1n) is 4.99. The fourth-order valence-electron chi connectivity index (χ4n) is 1.10. The molecule has 0 saturated carbocycles. The standard InChI is InChI=1S/C10H15NO4S/c1-2-3-8-15-10-6-4-9(5-7-10)11-16(12,13)14/h4-7,11H,2-3,8H2,1H3,(H,12,13,14). The van der Waals surface area contributed by atoms with Crippen LogP contribution in [-0.2, 0) is 10.3 Å². The number of benzene rings is 1. The average molecular weight is 245 g/mol. The largest absolute Gasteiger partial charge is 0.494 e. The quantitative estimate of drug-likeness (QED) is 0.594. The van der Waals surface area contributed by atoms with Crippen LogP contribution in [0.25, 0.3) is 0 Å². The summed E-state index contributed by atoms with van der Waals surface area (Å²) in [6.07, 6.45) is 2.04. The van der Waals surface area contributed by atoms with Gasteiger partial charge >= 0.3 is 10.3 Å². The highest BCUT2D eigenvalue weighted by Gasteiger charge is 2.03. The van der Waals surface area contributed by atoms with E-state index in [2.05, 4.69) is 6.92 Å². The minimum atomic E-state index is -4.20. The van der Waals surface area contributed by atoms with Gasteiger partial charge in [-0.1, -0.05) is 13.3 Å². The van der Waals surface area contributed by atoms with E-state index < -0.39 is 10.3 Å². The van der Waals surface area contributed by atoms with Gasteiger partial charge in [0.25, 0.3) is 0 Å². The van der Waals surface area contributed by atoms with Crippen molar-refractivity contribution in [3.63, 3.8) is 0 Å². The lowest BCUT2D eigenvalue weighted by atomic mass is 10.3. The molecule has 16 heavy (non-hydrogen) atoms. The normalized spacial score (nSPS) is 11.1. The van der Waals surface area contributed by atoms with Crippen LogP contribution in [0.2, 0.25) is 0 Å². The van der Waals surface area contributed by atoms with Gasteiger partial charge in [0.1, 0.15) is 5.75 Å². The smallest absolute Gasteiger partial charge is 0.357 e. The number of ether oxygens (including phenoxy) is 1. The second-order valence-corrected chi connectivity index (χ2v) is 4.46. The summed E-state index contributed by atoms with van der Waals surface area (Å²) < 4.78 is 36.9. The van der Waals surface area contributed by atoms with Crippen LogP contribution in [0.5, 0.6) is 5.75 Å². The maximum Gasteiger partial charge on any atom is 0.357 e. The summed E-state index contributed by atoms with van der Waals surface area (Å²) in [4.78, 5) is 0. The molecule has 0 heterocycles. The van der Waals surface area contributed by atoms with Crippen LogP contribution in [0, 0.1) is 0 Å². The Morgan fingerprint density at radius 3 is 2.44 bits per heavy atom. The van der Waals surface area contributed by atoms with Crippen molar-refractivity contribution in [2.75, 3.05) is 11.3 Å². The van der Waals surface area contributed by atoms with Gasteiger partial charge in [-0.3, -0.25) is 9.27 Å². The Balaban J connectivity index is 2.54. The number of rotatable bonds is 6. The van der Waals surface area contributed by atoms with Crippen LogP contribution in [0.15, 0.2) is 24.3 Å². The molecule has 0 aliphatic carbocycles. The Morgan fingerprint density at radius 2 is 1.94 bits per heavy atom. The van der Waals surface area contributed by atoms with Crippen molar-refractivity contribution in [1.82, 2.24) is 0 Å². The van der Waals surface area contributed by atoms with E-state index in [9.17, 15) is 8.42 Å². The Hall–Kier alpha value is -1.27. The van der Waals surface area contributed by atoms with Crippen LogP contribution < -0.4 is 9.46 Å². The van der Waals surface area contributed by atoms with Crippen molar-refractivity contribution < 1.29 is 17.7 Å². The number of nitrogens with one attached hydrogen (secondary N) is 1. The lowest BCUT2D eigenvalue weighted by Crippen LogP contribution is -2.10. The molecule has 0 radical (unpaired) electrons. The summed E-state index contributed by atoms with van der Waals surface area (Å²) in [5.74, 6) is 0.675. The summed E-state index contributed by atoms with van der Waals surface area (Å²) >= 11 is 0. The average Bonchev–Trinajstić information content (AvgIpc) is 2.19. The topological polar surface area (TPSA) is 75.6 Å². The summed E-state index contributed by atoms with van der Waals surface area (Å²) in [7, 11) is -4.20. The third-order valence-electron chi connectivity index (χ3n) is 1.87. The molecule has 0 aliphatic rings. The van der Waals surface area contributed by atoms with Gasteiger partial charge in [0, 0.05) is 0 Å². The van der Waals surface area contributed by atoms with Crippen LogP contribution in [-0.4, -0.2) is 19.6 Å². The van der Waals surface area contributed by atoms with Crippen LogP contribution in [0.3, 0.4) is 0 Å². The van der Waals surface area contributed by atoms with Gasteiger partial charge in [-0.25, -0.2) is 0 Å². The summed E-state index contributed by atoms with van der Waals surface area (Å²) in [6, 6.07) is 6.33. The SMILES string of the molecule is CCCCOc1ccc(NS(=O)(=O)O)cc1. The van der Waals surface area contributed by atoms with Gasteiger partial charge in [0.2, 0.25) is 0 Å². The van der Waals surface area contributed by atoms with E-state index in [4.69, 9.17) is 9.29 Å². The summed E-state index contributed by atoms with van der Waals surface area (Å²) in [5.41, 5.74) is 0.297. The second-order valence-electron chi connectivity index (χ2n) is 3.30. The van der Waals surface area contributed by atoms with Crippen LogP contribution >= 0.6 is 0 Å². The molecule has 0 aromatic heterocycles. The number of anilines is 1. The Morgan fingerprint density at radius 1 is 1.31 bits per heavy atom. The monoisotopic (exact) mass is 245 g/mol. The van der Waals surface area contributed by atoms with Crippen molar-refractivity contribution in [2.24, 2.45) is 0 Å². The third kappa shape index (κ3) is 4.99. The van der Waals surface area contributed by atoms with Gasteiger partial charge in [-0.15, -0.1) is 0 Å². The van der Waals surface area contributed by atoms with Gasteiger partial charge in [-0.2, -0.15) is 8.42 Å². The first-order chi connectivity index (χ1) is 7.51. The summed E-state index contributed by atoms with van der Waals surface area (Å²) in [6.45, 7) is 2.71. The van der Waals surface area contributed by atoms with Gasteiger partial charge in [-0.05, 0) is 30.7 Å². The molecule has 90 valence electrons. The Kier molecular flexibility index (Phi) is 4.57. The molecule has 0 aliphatic heterocycles. The summed E-state index contributed by atoms with van der Waals surface area (Å²) in [5, 5.41) is 0. The highest BCUT2D eigenvalue weighted by atomic mass is 32.2. The zero-order valence-corrected chi connectivity index (χ0v) is 9.83. The molecule has 1 rings (SSSR count). The Bertz CT molecular complexity index is 413. The van der Waals surface area contributed by atoms with Crippen LogP contribution in [0.4, 0.5) is 5.69 Å². The van der Waals surface area contributed by atoms with E-state index in [-0.39, 0.29) is 0 Å². The lowest BCUT2D eigenvalue weighted by molar-refractivity contribution is 0.309. The molecule has 1 aromatic rings. The van der Waals surface area contributed by atoms with E-state index in [1.165, 1.54) is 12.1 Å². The second kappa shape index (κ2) is 5.72. The fraction of sp³-hybridized carbons (Fsp3) is 0.400. The molecule has 0 saturated heterocycles. The van der Waals surface area contributed by atoms with Crippen molar-refractivity contribution in [3.05, 3.63) is 24.3 Å². The molecule has 1 aromatic carbocycles. The number of hydrogen-bond acceptors (Lipinski definition) is 3. The molecule has 0 fully saturated rings. The number of unbranched alkanes of at least 4 members (excludes halogenated alkanes) is 1. The van der Waals surface area contributed by atoms with Crippen molar-refractivity contribution in [2.45, 2.75) is 19.8 Å². The first kappa shape index (κ1) is 12.8. The van der Waals surface area contributed by atoms with E-state index in [0.29, 0.717) is 18.0 Å². The number of hydrogen-bond donors (Lipinski definition) is 2. The maximum atomic E-state index is 10.5. The van der Waals surface area contributed by atoms with Gasteiger partial charge in [0.15, 0.2) is 0 Å². The molecule has 0 bridgehead atoms. The molecular weight excluding hydrogens is 230 g/mol.